The van der Waals surface area contributed by atoms with Crippen LogP contribution < -0.4 is 16.5 Å². The average Bonchev–Trinajstić information content (AvgIpc) is 2.23. The van der Waals surface area contributed by atoms with Crippen molar-refractivity contribution in [2.75, 3.05) is 23.6 Å². The van der Waals surface area contributed by atoms with Crippen molar-refractivity contribution in [3.05, 3.63) is 23.3 Å². The normalized spacial score (nSPS) is 9.87. The minimum Gasteiger partial charge on any atom is -0.396 e. The first-order valence-corrected chi connectivity index (χ1v) is 4.71. The van der Waals surface area contributed by atoms with Crippen molar-refractivity contribution in [3.63, 3.8) is 0 Å². The summed E-state index contributed by atoms with van der Waals surface area (Å²) in [6.45, 7) is 7.60. The molecule has 0 saturated carbocycles. The molecule has 0 aliphatic heterocycles. The topological polar surface area (TPSA) is 70.3 Å². The average molecular weight is 207 g/mol. The lowest BCUT2D eigenvalue weighted by atomic mass is 9.97. The van der Waals surface area contributed by atoms with Crippen molar-refractivity contribution in [1.29, 1.82) is 0 Å². The van der Waals surface area contributed by atoms with E-state index in [2.05, 4.69) is 17.4 Å². The van der Waals surface area contributed by atoms with Gasteiger partial charge in [0.05, 0.1) is 17.1 Å². The largest absolute Gasteiger partial charge is 0.396 e. The molecule has 0 aliphatic rings. The Morgan fingerprint density at radius 3 is 2.27 bits per heavy atom. The predicted octanol–water partition coefficient (Wildman–Crippen LogP) is 2.37. The fraction of sp³-hybridized carbons (Fsp3) is 0.273. The molecule has 0 heterocycles. The molecule has 0 fully saturated rings. The lowest BCUT2D eigenvalue weighted by molar-refractivity contribution is 0.389. The van der Waals surface area contributed by atoms with Gasteiger partial charge in [0.25, 0.3) is 0 Å². The van der Waals surface area contributed by atoms with Gasteiger partial charge >= 0.3 is 0 Å². The molecule has 5 N–H and O–H groups in total. The van der Waals surface area contributed by atoms with Gasteiger partial charge in [-0.1, -0.05) is 12.7 Å². The van der Waals surface area contributed by atoms with Gasteiger partial charge in [-0.3, -0.25) is 10.7 Å². The number of benzene rings is 1. The maximum atomic E-state index is 9.07. The van der Waals surface area contributed by atoms with Crippen LogP contribution in [0.25, 0.3) is 6.08 Å². The quantitative estimate of drug-likeness (QED) is 0.453. The van der Waals surface area contributed by atoms with Crippen molar-refractivity contribution in [1.82, 2.24) is 0 Å². The summed E-state index contributed by atoms with van der Waals surface area (Å²) in [5.74, 6) is 0. The fourth-order valence-electron chi connectivity index (χ4n) is 1.71. The second-order valence-electron chi connectivity index (χ2n) is 3.39. The Morgan fingerprint density at radius 2 is 1.87 bits per heavy atom. The highest BCUT2D eigenvalue weighted by molar-refractivity contribution is 5.90. The summed E-state index contributed by atoms with van der Waals surface area (Å²) in [7, 11) is 1.76. The highest BCUT2D eigenvalue weighted by Gasteiger charge is 2.14. The lowest BCUT2D eigenvalue weighted by Gasteiger charge is -2.19. The highest BCUT2D eigenvalue weighted by Crippen LogP contribution is 2.37. The Labute approximate surface area is 89.8 Å². The Kier molecular flexibility index (Phi) is 3.21. The second-order valence-corrected chi connectivity index (χ2v) is 3.39. The summed E-state index contributed by atoms with van der Waals surface area (Å²) in [4.78, 5) is 0. The van der Waals surface area contributed by atoms with Crippen LogP contribution in [-0.2, 0) is 0 Å². The van der Waals surface area contributed by atoms with E-state index in [1.54, 1.807) is 13.1 Å². The molecule has 1 rings (SSSR count). The minimum atomic E-state index is 0.590. The van der Waals surface area contributed by atoms with Crippen molar-refractivity contribution >= 4 is 23.1 Å². The maximum Gasteiger partial charge on any atom is 0.0886 e. The van der Waals surface area contributed by atoms with Crippen LogP contribution in [0.3, 0.4) is 0 Å². The van der Waals surface area contributed by atoms with Gasteiger partial charge in [0.2, 0.25) is 0 Å². The van der Waals surface area contributed by atoms with Crippen LogP contribution in [-0.4, -0.2) is 12.3 Å². The predicted molar refractivity (Wildman–Crippen MR) is 65.4 cm³/mol. The molecule has 0 amide bonds. The van der Waals surface area contributed by atoms with E-state index in [1.807, 2.05) is 13.8 Å². The Balaban J connectivity index is 3.64. The third-order valence-electron chi connectivity index (χ3n) is 2.72. The molecule has 4 heteroatoms. The van der Waals surface area contributed by atoms with Crippen LogP contribution in [0.2, 0.25) is 0 Å². The molecule has 4 nitrogen and oxygen atoms in total. The minimum absolute atomic E-state index is 0.590. The van der Waals surface area contributed by atoms with E-state index in [9.17, 15) is 0 Å². The Morgan fingerprint density at radius 1 is 1.27 bits per heavy atom. The van der Waals surface area contributed by atoms with Gasteiger partial charge in [0.1, 0.15) is 0 Å². The van der Waals surface area contributed by atoms with Crippen molar-refractivity contribution in [2.45, 2.75) is 13.8 Å². The van der Waals surface area contributed by atoms with E-state index in [0.717, 1.165) is 16.7 Å². The van der Waals surface area contributed by atoms with Crippen molar-refractivity contribution in [2.24, 2.45) is 0 Å². The first kappa shape index (κ1) is 11.4. The molecule has 1 aromatic rings. The molecular formula is C11H17N3O. The molecular weight excluding hydrogens is 190 g/mol. The van der Waals surface area contributed by atoms with Gasteiger partial charge < -0.3 is 11.1 Å². The number of nitrogens with one attached hydrogen (secondary N) is 2. The molecule has 0 bridgehead atoms. The van der Waals surface area contributed by atoms with Crippen molar-refractivity contribution < 1.29 is 5.21 Å². The zero-order valence-corrected chi connectivity index (χ0v) is 9.31. The van der Waals surface area contributed by atoms with E-state index in [4.69, 9.17) is 10.9 Å². The molecule has 0 aliphatic carbocycles. The third kappa shape index (κ3) is 1.64. The molecule has 0 saturated heterocycles. The highest BCUT2D eigenvalue weighted by atomic mass is 16.5. The van der Waals surface area contributed by atoms with E-state index < -0.39 is 0 Å². The number of anilines is 3. The van der Waals surface area contributed by atoms with Crippen molar-refractivity contribution in [3.8, 4) is 0 Å². The van der Waals surface area contributed by atoms with Crippen LogP contribution in [0.1, 0.15) is 16.7 Å². The van der Waals surface area contributed by atoms with Crippen LogP contribution in [0.5, 0.6) is 0 Å². The molecule has 0 atom stereocenters. The second kappa shape index (κ2) is 4.23. The van der Waals surface area contributed by atoms with Crippen LogP contribution in [0.15, 0.2) is 6.58 Å². The van der Waals surface area contributed by atoms with Gasteiger partial charge in [-0.2, -0.15) is 0 Å². The zero-order valence-electron chi connectivity index (χ0n) is 9.31. The monoisotopic (exact) mass is 207 g/mol. The zero-order chi connectivity index (χ0) is 11.6. The molecule has 0 radical (unpaired) electrons. The summed E-state index contributed by atoms with van der Waals surface area (Å²) in [6, 6.07) is 0. The van der Waals surface area contributed by atoms with Gasteiger partial charge in [-0.25, -0.2) is 0 Å². The summed E-state index contributed by atoms with van der Waals surface area (Å²) >= 11 is 0. The standard InChI is InChI=1S/C11H17N3O/c1-5-8-6(2)7(3)10(14-15)11(13-4)9(8)12/h5,13-15H,1,12H2,2-4H3. The van der Waals surface area contributed by atoms with Gasteiger partial charge in [0, 0.05) is 12.6 Å². The summed E-state index contributed by atoms with van der Waals surface area (Å²) < 4.78 is 0. The lowest BCUT2D eigenvalue weighted by Crippen LogP contribution is -2.07. The smallest absolute Gasteiger partial charge is 0.0886 e. The number of nitrogens with two attached hydrogens (primary N) is 1. The van der Waals surface area contributed by atoms with Crippen LogP contribution >= 0.6 is 0 Å². The van der Waals surface area contributed by atoms with E-state index in [1.165, 1.54) is 0 Å². The molecule has 1 aromatic carbocycles. The molecule has 82 valence electrons. The number of nitrogen functional groups attached to an aromatic ring is 1. The first-order chi connectivity index (χ1) is 7.08. The number of rotatable bonds is 3. The molecule has 0 unspecified atom stereocenters. The third-order valence-corrected chi connectivity index (χ3v) is 2.72. The summed E-state index contributed by atoms with van der Waals surface area (Å²) in [5.41, 5.74) is 12.9. The first-order valence-electron chi connectivity index (χ1n) is 4.71. The maximum absolute atomic E-state index is 9.07. The molecule has 15 heavy (non-hydrogen) atoms. The SMILES string of the molecule is C=Cc1c(C)c(C)c(NO)c(NC)c1N. The molecule has 0 aromatic heterocycles. The Bertz CT molecular complexity index is 400. The summed E-state index contributed by atoms with van der Waals surface area (Å²) in [6.07, 6.45) is 1.72. The van der Waals surface area contributed by atoms with E-state index in [-0.39, 0.29) is 0 Å². The van der Waals surface area contributed by atoms with Gasteiger partial charge in [0.15, 0.2) is 0 Å². The van der Waals surface area contributed by atoms with Gasteiger partial charge in [-0.15, -0.1) is 0 Å². The van der Waals surface area contributed by atoms with E-state index in [0.29, 0.717) is 17.1 Å². The molecule has 0 spiro atoms. The number of hydrogen-bond acceptors (Lipinski definition) is 4. The Hall–Kier alpha value is -1.68. The summed E-state index contributed by atoms with van der Waals surface area (Å²) in [5, 5.41) is 12.0. The van der Waals surface area contributed by atoms with E-state index >= 15 is 0 Å². The van der Waals surface area contributed by atoms with Gasteiger partial charge in [-0.05, 0) is 25.0 Å². The van der Waals surface area contributed by atoms with Crippen LogP contribution in [0, 0.1) is 13.8 Å². The fourth-order valence-corrected chi connectivity index (χ4v) is 1.71. The number of hydrogen-bond donors (Lipinski definition) is 4. The van der Waals surface area contributed by atoms with Crippen LogP contribution in [0.4, 0.5) is 17.1 Å².